The number of pyridine rings is 1. The highest BCUT2D eigenvalue weighted by molar-refractivity contribution is 9.10. The van der Waals surface area contributed by atoms with Crippen molar-refractivity contribution in [3.8, 4) is 0 Å². The lowest BCUT2D eigenvalue weighted by atomic mass is 10.1. The van der Waals surface area contributed by atoms with E-state index in [9.17, 15) is 8.60 Å². The van der Waals surface area contributed by atoms with E-state index >= 15 is 0 Å². The number of nitrogens with one attached hydrogen (secondary N) is 1. The molecule has 1 unspecified atom stereocenters. The Morgan fingerprint density at radius 2 is 2.25 bits per heavy atom. The Morgan fingerprint density at radius 3 is 2.75 bits per heavy atom. The standard InChI is InChI=1S/C14H20BrFN2OS/c1-5-6-7-12(18-20(19)14(2,3)4)10-9-17-13(16)8-11(10)15/h5,8-9,12,18H,1,6-7H2,2-4H3/t12?,20-/m0/s1. The van der Waals surface area contributed by atoms with Crippen molar-refractivity contribution in [3.63, 3.8) is 0 Å². The van der Waals surface area contributed by atoms with Gasteiger partial charge in [0.05, 0.1) is 15.7 Å². The van der Waals surface area contributed by atoms with Gasteiger partial charge in [0.2, 0.25) is 5.95 Å². The van der Waals surface area contributed by atoms with Crippen LogP contribution < -0.4 is 4.72 Å². The summed E-state index contributed by atoms with van der Waals surface area (Å²) in [6, 6.07) is 1.15. The molecule has 0 bridgehead atoms. The zero-order chi connectivity index (χ0) is 15.3. The molecule has 1 heterocycles. The molecule has 6 heteroatoms. The summed E-state index contributed by atoms with van der Waals surface area (Å²) < 4.78 is 28.7. The smallest absolute Gasteiger partial charge is 0.213 e. The second-order valence-electron chi connectivity index (χ2n) is 5.45. The van der Waals surface area contributed by atoms with Gasteiger partial charge in [-0.1, -0.05) is 22.0 Å². The van der Waals surface area contributed by atoms with Crippen LogP contribution in [-0.4, -0.2) is 13.9 Å². The molecule has 0 radical (unpaired) electrons. The van der Waals surface area contributed by atoms with Gasteiger partial charge < -0.3 is 0 Å². The zero-order valence-corrected chi connectivity index (χ0v) is 14.4. The van der Waals surface area contributed by atoms with Crippen LogP contribution in [0.25, 0.3) is 0 Å². The summed E-state index contributed by atoms with van der Waals surface area (Å²) in [5.74, 6) is -0.542. The van der Waals surface area contributed by atoms with Gasteiger partial charge in [-0.15, -0.1) is 6.58 Å². The first-order valence-electron chi connectivity index (χ1n) is 6.35. The monoisotopic (exact) mass is 362 g/mol. The highest BCUT2D eigenvalue weighted by Gasteiger charge is 2.24. The zero-order valence-electron chi connectivity index (χ0n) is 12.0. The number of rotatable bonds is 6. The van der Waals surface area contributed by atoms with Crippen LogP contribution in [0.2, 0.25) is 0 Å². The number of hydrogen-bond donors (Lipinski definition) is 1. The first kappa shape index (κ1) is 17.5. The van der Waals surface area contributed by atoms with Crippen LogP contribution in [0.4, 0.5) is 4.39 Å². The topological polar surface area (TPSA) is 42.0 Å². The molecular formula is C14H20BrFN2OS. The molecule has 0 fully saturated rings. The SMILES string of the molecule is C=CCCC(N[S@@](=O)C(C)(C)C)c1cnc(F)cc1Br. The Labute approximate surface area is 130 Å². The first-order chi connectivity index (χ1) is 9.25. The Balaban J connectivity index is 2.99. The number of halogens is 2. The van der Waals surface area contributed by atoms with E-state index in [2.05, 4.69) is 32.2 Å². The molecule has 0 saturated heterocycles. The van der Waals surface area contributed by atoms with Crippen molar-refractivity contribution in [2.24, 2.45) is 0 Å². The molecule has 1 N–H and O–H groups in total. The Hall–Kier alpha value is -0.590. The minimum absolute atomic E-state index is 0.171. The van der Waals surface area contributed by atoms with Crippen molar-refractivity contribution < 1.29 is 8.60 Å². The van der Waals surface area contributed by atoms with E-state index in [1.807, 2.05) is 20.8 Å². The quantitative estimate of drug-likeness (QED) is 0.612. The third-order valence-corrected chi connectivity index (χ3v) is 4.99. The molecule has 0 aliphatic carbocycles. The Morgan fingerprint density at radius 1 is 1.60 bits per heavy atom. The van der Waals surface area contributed by atoms with Gasteiger partial charge in [0.15, 0.2) is 0 Å². The fourth-order valence-corrected chi connectivity index (χ4v) is 2.97. The fraction of sp³-hybridized carbons (Fsp3) is 0.500. The van der Waals surface area contributed by atoms with Crippen LogP contribution in [0, 0.1) is 5.95 Å². The fourth-order valence-electron chi connectivity index (χ4n) is 1.54. The van der Waals surface area contributed by atoms with Crippen LogP contribution in [0.1, 0.15) is 45.2 Å². The lowest BCUT2D eigenvalue weighted by molar-refractivity contribution is 0.557. The summed E-state index contributed by atoms with van der Waals surface area (Å²) in [5, 5.41) is 0. The molecule has 3 nitrogen and oxygen atoms in total. The molecule has 0 spiro atoms. The second-order valence-corrected chi connectivity index (χ2v) is 8.30. The molecule has 112 valence electrons. The minimum atomic E-state index is -1.21. The van der Waals surface area contributed by atoms with Gasteiger partial charge in [0.1, 0.15) is 0 Å². The van der Waals surface area contributed by atoms with Crippen molar-refractivity contribution in [1.29, 1.82) is 0 Å². The molecule has 1 aromatic heterocycles. The van der Waals surface area contributed by atoms with E-state index in [1.165, 1.54) is 12.3 Å². The normalized spacial score (nSPS) is 14.8. The number of hydrogen-bond acceptors (Lipinski definition) is 2. The van der Waals surface area contributed by atoms with Crippen molar-refractivity contribution >= 4 is 26.9 Å². The summed E-state index contributed by atoms with van der Waals surface area (Å²) >= 11 is 3.34. The van der Waals surface area contributed by atoms with Crippen molar-refractivity contribution in [3.05, 3.63) is 40.9 Å². The number of allylic oxidation sites excluding steroid dienone is 1. The maximum Gasteiger partial charge on any atom is 0.213 e. The van der Waals surface area contributed by atoms with Crippen LogP contribution in [0.15, 0.2) is 29.4 Å². The third kappa shape index (κ3) is 5.07. The molecule has 0 aliphatic heterocycles. The van der Waals surface area contributed by atoms with E-state index < -0.39 is 16.9 Å². The molecule has 1 aromatic rings. The molecule has 0 aliphatic rings. The lowest BCUT2D eigenvalue weighted by Gasteiger charge is -2.24. The van der Waals surface area contributed by atoms with E-state index in [0.29, 0.717) is 4.47 Å². The molecule has 20 heavy (non-hydrogen) atoms. The van der Waals surface area contributed by atoms with Crippen LogP contribution >= 0.6 is 15.9 Å². The minimum Gasteiger partial charge on any atom is -0.242 e. The molecule has 2 atom stereocenters. The molecule has 0 amide bonds. The summed E-state index contributed by atoms with van der Waals surface area (Å²) in [7, 11) is -1.21. The van der Waals surface area contributed by atoms with Crippen LogP contribution in [-0.2, 0) is 11.0 Å². The van der Waals surface area contributed by atoms with Gasteiger partial charge in [-0.3, -0.25) is 0 Å². The largest absolute Gasteiger partial charge is 0.242 e. The summed E-state index contributed by atoms with van der Waals surface area (Å²) in [5.41, 5.74) is 0.797. The Kier molecular flexibility index (Phi) is 6.48. The molecule has 0 aromatic carbocycles. The van der Waals surface area contributed by atoms with Crippen molar-refractivity contribution in [2.45, 2.75) is 44.4 Å². The van der Waals surface area contributed by atoms with Gasteiger partial charge >= 0.3 is 0 Å². The van der Waals surface area contributed by atoms with Gasteiger partial charge in [-0.2, -0.15) is 4.39 Å². The molecule has 0 saturated carbocycles. The third-order valence-electron chi connectivity index (χ3n) is 2.69. The van der Waals surface area contributed by atoms with Crippen LogP contribution in [0.3, 0.4) is 0 Å². The predicted molar refractivity (Wildman–Crippen MR) is 85.1 cm³/mol. The average molecular weight is 363 g/mol. The van der Waals surface area contributed by atoms with E-state index in [1.54, 1.807) is 6.08 Å². The van der Waals surface area contributed by atoms with Gasteiger partial charge in [-0.05, 0) is 33.6 Å². The summed E-state index contributed by atoms with van der Waals surface area (Å²) in [4.78, 5) is 3.68. The van der Waals surface area contributed by atoms with E-state index in [4.69, 9.17) is 0 Å². The van der Waals surface area contributed by atoms with Crippen molar-refractivity contribution in [2.75, 3.05) is 0 Å². The van der Waals surface area contributed by atoms with Gasteiger partial charge in [0, 0.05) is 28.3 Å². The van der Waals surface area contributed by atoms with E-state index in [-0.39, 0.29) is 10.8 Å². The van der Waals surface area contributed by atoms with Gasteiger partial charge in [-0.25, -0.2) is 13.9 Å². The number of aromatic nitrogens is 1. The highest BCUT2D eigenvalue weighted by Crippen LogP contribution is 2.28. The predicted octanol–water partition coefficient (Wildman–Crippen LogP) is 4.04. The second kappa shape index (κ2) is 7.43. The van der Waals surface area contributed by atoms with Crippen molar-refractivity contribution in [1.82, 2.24) is 9.71 Å². The maximum atomic E-state index is 13.1. The highest BCUT2D eigenvalue weighted by atomic mass is 79.9. The number of nitrogens with zero attached hydrogens (tertiary/aromatic N) is 1. The maximum absolute atomic E-state index is 13.1. The summed E-state index contributed by atoms with van der Waals surface area (Å²) in [6.45, 7) is 9.40. The lowest BCUT2D eigenvalue weighted by Crippen LogP contribution is -2.36. The van der Waals surface area contributed by atoms with Crippen LogP contribution in [0.5, 0.6) is 0 Å². The molecular weight excluding hydrogens is 343 g/mol. The average Bonchev–Trinajstić information content (AvgIpc) is 2.33. The molecule has 1 rings (SSSR count). The Bertz CT molecular complexity index is 502. The summed E-state index contributed by atoms with van der Waals surface area (Å²) in [6.07, 6.45) is 4.76. The van der Waals surface area contributed by atoms with Gasteiger partial charge in [0.25, 0.3) is 0 Å². The first-order valence-corrected chi connectivity index (χ1v) is 8.30. The van der Waals surface area contributed by atoms with E-state index in [0.717, 1.165) is 18.4 Å².